The maximum absolute atomic E-state index is 13.1. The van der Waals surface area contributed by atoms with Gasteiger partial charge in [-0.2, -0.15) is 9.97 Å². The number of hydrogen-bond acceptors (Lipinski definition) is 7. The highest BCUT2D eigenvalue weighted by molar-refractivity contribution is 5.98. The Morgan fingerprint density at radius 3 is 2.83 bits per heavy atom. The summed E-state index contributed by atoms with van der Waals surface area (Å²) in [7, 11) is 5.12. The standard InChI is InChI=1S/C24H26F2N8O2/c1-11-29-19-16(34(11)10-17(25)26)5-12(8-27-19)13-9-28-20-18(13)21(36-4)32-23(31-20)30-15-7-24(6-14(15)24)22(35)33(2)3/h5,8-9,14-15,17H,6-7,10H2,1-4H3,(H2,28,30,31,32)/t14?,15-,24+/m0/s1. The van der Waals surface area contributed by atoms with Crippen LogP contribution in [0.5, 0.6) is 5.88 Å². The van der Waals surface area contributed by atoms with Crippen molar-refractivity contribution in [3.8, 4) is 17.0 Å². The van der Waals surface area contributed by atoms with Crippen LogP contribution in [-0.4, -0.2) is 74.0 Å². The third-order valence-corrected chi connectivity index (χ3v) is 7.47. The van der Waals surface area contributed by atoms with Crippen molar-refractivity contribution in [3.05, 3.63) is 24.3 Å². The van der Waals surface area contributed by atoms with Crippen LogP contribution in [0.2, 0.25) is 0 Å². The maximum Gasteiger partial charge on any atom is 0.256 e. The molecule has 0 bridgehead atoms. The number of halogens is 2. The number of anilines is 1. The number of carbonyl (C=O) groups is 1. The minimum Gasteiger partial charge on any atom is -0.480 e. The zero-order valence-electron chi connectivity index (χ0n) is 20.3. The van der Waals surface area contributed by atoms with Crippen LogP contribution in [0.1, 0.15) is 18.7 Å². The number of carbonyl (C=O) groups excluding carboxylic acids is 1. The van der Waals surface area contributed by atoms with Gasteiger partial charge in [-0.15, -0.1) is 0 Å². The molecule has 1 unspecified atom stereocenters. The summed E-state index contributed by atoms with van der Waals surface area (Å²) in [5, 5.41) is 4.03. The highest BCUT2D eigenvalue weighted by atomic mass is 19.3. The van der Waals surface area contributed by atoms with Crippen molar-refractivity contribution in [2.45, 2.75) is 38.8 Å². The lowest BCUT2D eigenvalue weighted by Crippen LogP contribution is -2.46. The lowest BCUT2D eigenvalue weighted by Gasteiger charge is -2.35. The molecule has 4 aromatic heterocycles. The largest absolute Gasteiger partial charge is 0.480 e. The van der Waals surface area contributed by atoms with Gasteiger partial charge in [0, 0.05) is 43.7 Å². The number of hydrogen-bond donors (Lipinski definition) is 2. The minimum atomic E-state index is -2.50. The minimum absolute atomic E-state index is 0.135. The van der Waals surface area contributed by atoms with Crippen LogP contribution in [0.15, 0.2) is 18.5 Å². The van der Waals surface area contributed by atoms with E-state index in [1.807, 2.05) is 0 Å². The van der Waals surface area contributed by atoms with Gasteiger partial charge in [-0.3, -0.25) is 4.79 Å². The van der Waals surface area contributed by atoms with Gasteiger partial charge >= 0.3 is 0 Å². The Bertz CT molecular complexity index is 1510. The molecule has 2 aliphatic rings. The molecule has 2 aliphatic carbocycles. The van der Waals surface area contributed by atoms with Crippen LogP contribution in [-0.2, 0) is 11.3 Å². The second kappa shape index (κ2) is 7.84. The van der Waals surface area contributed by atoms with Crippen LogP contribution >= 0.6 is 0 Å². The zero-order valence-corrected chi connectivity index (χ0v) is 20.3. The molecule has 1 amide bonds. The highest BCUT2D eigenvalue weighted by Gasteiger charge is 2.72. The molecule has 4 aromatic rings. The van der Waals surface area contributed by atoms with E-state index in [2.05, 4.69) is 30.2 Å². The summed E-state index contributed by atoms with van der Waals surface area (Å²) in [4.78, 5) is 35.2. The predicted octanol–water partition coefficient (Wildman–Crippen LogP) is 3.23. The van der Waals surface area contributed by atoms with E-state index in [-0.39, 0.29) is 23.3 Å². The van der Waals surface area contributed by atoms with E-state index in [4.69, 9.17) is 4.74 Å². The summed E-state index contributed by atoms with van der Waals surface area (Å²) in [6, 6.07) is 1.93. The first-order chi connectivity index (χ1) is 17.2. The summed E-state index contributed by atoms with van der Waals surface area (Å²) in [5.41, 5.74) is 2.74. The van der Waals surface area contributed by atoms with Crippen LogP contribution in [0, 0.1) is 18.3 Å². The van der Waals surface area contributed by atoms with Gasteiger partial charge in [-0.1, -0.05) is 0 Å². The van der Waals surface area contributed by atoms with Gasteiger partial charge in [0.15, 0.2) is 5.65 Å². The van der Waals surface area contributed by atoms with Gasteiger partial charge in [0.25, 0.3) is 6.43 Å². The van der Waals surface area contributed by atoms with Gasteiger partial charge in [0.1, 0.15) is 11.5 Å². The molecular weight excluding hydrogens is 470 g/mol. The third-order valence-electron chi connectivity index (χ3n) is 7.47. The van der Waals surface area contributed by atoms with Crippen LogP contribution < -0.4 is 10.1 Å². The maximum atomic E-state index is 13.1. The molecule has 0 radical (unpaired) electrons. The fourth-order valence-corrected chi connectivity index (χ4v) is 5.64. The topological polar surface area (TPSA) is 114 Å². The van der Waals surface area contributed by atoms with Crippen LogP contribution in [0.4, 0.5) is 14.7 Å². The number of ether oxygens (including phenoxy) is 1. The number of fused-ring (bicyclic) bond motifs is 3. The molecule has 3 atom stereocenters. The number of pyridine rings is 1. The van der Waals surface area contributed by atoms with Gasteiger partial charge in [0.05, 0.1) is 30.0 Å². The second-order valence-electron chi connectivity index (χ2n) is 9.83. The molecular formula is C24H26F2N8O2. The number of aryl methyl sites for hydroxylation is 1. The molecule has 2 fully saturated rings. The summed E-state index contributed by atoms with van der Waals surface area (Å²) >= 11 is 0. The monoisotopic (exact) mass is 496 g/mol. The SMILES string of the molecule is COc1nc(N[C@H]2C[C@]3(C(=O)N(C)C)CC23)nc2[nH]cc(-c3cnc4nc(C)n(CC(F)F)c4c3)c12. The molecule has 36 heavy (non-hydrogen) atoms. The van der Waals surface area contributed by atoms with Crippen LogP contribution in [0.3, 0.4) is 0 Å². The van der Waals surface area contributed by atoms with Crippen molar-refractivity contribution in [2.24, 2.45) is 11.3 Å². The fraction of sp³-hybridized carbons (Fsp3) is 0.458. The average molecular weight is 497 g/mol. The van der Waals surface area contributed by atoms with E-state index in [9.17, 15) is 13.6 Å². The lowest BCUT2D eigenvalue weighted by molar-refractivity contribution is -0.137. The number of aromatic amines is 1. The lowest BCUT2D eigenvalue weighted by atomic mass is 9.79. The quantitative estimate of drug-likeness (QED) is 0.404. The van der Waals surface area contributed by atoms with E-state index < -0.39 is 13.0 Å². The first kappa shape index (κ1) is 22.6. The molecule has 0 spiro atoms. The number of nitrogens with one attached hydrogen (secondary N) is 2. The normalized spacial score (nSPS) is 22.5. The van der Waals surface area contributed by atoms with E-state index in [1.54, 1.807) is 44.4 Å². The Hall–Kier alpha value is -3.83. The third kappa shape index (κ3) is 3.30. The average Bonchev–Trinajstić information content (AvgIpc) is 3.10. The molecule has 4 heterocycles. The Labute approximate surface area is 205 Å². The highest BCUT2D eigenvalue weighted by Crippen LogP contribution is 2.68. The van der Waals surface area contributed by atoms with Gasteiger partial charge in [0.2, 0.25) is 17.7 Å². The summed E-state index contributed by atoms with van der Waals surface area (Å²) < 4.78 is 33.3. The first-order valence-electron chi connectivity index (χ1n) is 11.7. The van der Waals surface area contributed by atoms with Crippen molar-refractivity contribution in [1.29, 1.82) is 0 Å². The number of H-pyrrole nitrogens is 1. The molecule has 12 heteroatoms. The van der Waals surface area contributed by atoms with E-state index >= 15 is 0 Å². The molecule has 0 aromatic carbocycles. The number of alkyl halides is 2. The predicted molar refractivity (Wildman–Crippen MR) is 129 cm³/mol. The number of amides is 1. The number of aromatic nitrogens is 6. The molecule has 10 nitrogen and oxygen atoms in total. The molecule has 2 N–H and O–H groups in total. The second-order valence-corrected chi connectivity index (χ2v) is 9.83. The van der Waals surface area contributed by atoms with E-state index in [0.29, 0.717) is 45.4 Å². The fourth-order valence-electron chi connectivity index (χ4n) is 5.64. The molecule has 2 saturated carbocycles. The van der Waals surface area contributed by atoms with E-state index in [1.165, 1.54) is 11.7 Å². The number of rotatable bonds is 7. The Balaban J connectivity index is 1.32. The Kier molecular flexibility index (Phi) is 4.92. The van der Waals surface area contributed by atoms with Crippen molar-refractivity contribution in [2.75, 3.05) is 26.5 Å². The summed E-state index contributed by atoms with van der Waals surface area (Å²) in [6.45, 7) is 1.23. The van der Waals surface area contributed by atoms with Gasteiger partial charge in [-0.25, -0.2) is 18.7 Å². The number of nitrogens with zero attached hydrogens (tertiary/aromatic N) is 6. The molecule has 188 valence electrons. The number of methoxy groups -OCH3 is 1. The zero-order chi connectivity index (χ0) is 25.4. The van der Waals surface area contributed by atoms with Crippen LogP contribution in [0.25, 0.3) is 33.3 Å². The smallest absolute Gasteiger partial charge is 0.256 e. The number of imidazole rings is 1. The van der Waals surface area contributed by atoms with Gasteiger partial charge < -0.3 is 24.5 Å². The summed E-state index contributed by atoms with van der Waals surface area (Å²) in [5.74, 6) is 1.76. The molecule has 0 aliphatic heterocycles. The van der Waals surface area contributed by atoms with Crippen molar-refractivity contribution >= 4 is 34.1 Å². The van der Waals surface area contributed by atoms with E-state index in [0.717, 1.165) is 18.4 Å². The van der Waals surface area contributed by atoms with Crippen molar-refractivity contribution in [1.82, 2.24) is 34.4 Å². The van der Waals surface area contributed by atoms with Crippen molar-refractivity contribution in [3.63, 3.8) is 0 Å². The summed E-state index contributed by atoms with van der Waals surface area (Å²) in [6.07, 6.45) is 2.56. The Morgan fingerprint density at radius 2 is 2.14 bits per heavy atom. The molecule has 0 saturated heterocycles. The van der Waals surface area contributed by atoms with Gasteiger partial charge in [-0.05, 0) is 31.7 Å². The Morgan fingerprint density at radius 1 is 1.33 bits per heavy atom. The first-order valence-corrected chi connectivity index (χ1v) is 11.7. The molecule has 6 rings (SSSR count). The van der Waals surface area contributed by atoms with Crippen molar-refractivity contribution < 1.29 is 18.3 Å².